The minimum atomic E-state index is -0.654. The van der Waals surface area contributed by atoms with E-state index in [0.717, 1.165) is 4.57 Å². The standard InChI is InChI=1S/C16H18N4O4/c1-3-13(21)17-11-5-4-6-12(10(11)2)18-15(23)9-20-8-7-14(22)19-16(20)24/h4-8H,3,9H2,1-2H3,(H,17,21)(H,18,23)(H,19,22,24). The maximum atomic E-state index is 12.1. The molecule has 24 heavy (non-hydrogen) atoms. The number of nitrogens with zero attached hydrogens (tertiary/aromatic N) is 1. The molecule has 0 saturated carbocycles. The molecule has 0 aliphatic carbocycles. The molecule has 0 atom stereocenters. The number of carbonyl (C=O) groups excluding carboxylic acids is 2. The van der Waals surface area contributed by atoms with Crippen molar-refractivity contribution in [2.45, 2.75) is 26.8 Å². The molecule has 0 aliphatic heterocycles. The highest BCUT2D eigenvalue weighted by molar-refractivity contribution is 5.95. The molecule has 0 fully saturated rings. The lowest BCUT2D eigenvalue weighted by atomic mass is 10.1. The van der Waals surface area contributed by atoms with Crippen LogP contribution in [0.15, 0.2) is 40.1 Å². The fraction of sp³-hybridized carbons (Fsp3) is 0.250. The molecule has 8 heteroatoms. The summed E-state index contributed by atoms with van der Waals surface area (Å²) in [5, 5.41) is 5.44. The summed E-state index contributed by atoms with van der Waals surface area (Å²) in [7, 11) is 0. The average molecular weight is 330 g/mol. The molecule has 0 unspecified atom stereocenters. The van der Waals surface area contributed by atoms with Crippen LogP contribution in [0, 0.1) is 6.92 Å². The third-order valence-electron chi connectivity index (χ3n) is 3.41. The third kappa shape index (κ3) is 4.19. The Labute approximate surface area is 137 Å². The molecule has 0 radical (unpaired) electrons. The summed E-state index contributed by atoms with van der Waals surface area (Å²) < 4.78 is 1.09. The fourth-order valence-corrected chi connectivity index (χ4v) is 2.06. The van der Waals surface area contributed by atoms with Gasteiger partial charge in [-0.2, -0.15) is 0 Å². The fourth-order valence-electron chi connectivity index (χ4n) is 2.06. The van der Waals surface area contributed by atoms with Crippen molar-refractivity contribution < 1.29 is 9.59 Å². The van der Waals surface area contributed by atoms with E-state index in [1.54, 1.807) is 32.0 Å². The Hall–Kier alpha value is -3.16. The summed E-state index contributed by atoms with van der Waals surface area (Å²) in [6, 6.07) is 6.32. The highest BCUT2D eigenvalue weighted by Gasteiger charge is 2.10. The number of anilines is 2. The second kappa shape index (κ2) is 7.40. The molecule has 0 spiro atoms. The summed E-state index contributed by atoms with van der Waals surface area (Å²) >= 11 is 0. The van der Waals surface area contributed by atoms with Gasteiger partial charge in [-0.15, -0.1) is 0 Å². The summed E-state index contributed by atoms with van der Waals surface area (Å²) in [6.07, 6.45) is 1.61. The number of aromatic amines is 1. The first kappa shape index (κ1) is 17.2. The molecule has 3 N–H and O–H groups in total. The van der Waals surface area contributed by atoms with Gasteiger partial charge in [0.15, 0.2) is 0 Å². The van der Waals surface area contributed by atoms with Gasteiger partial charge in [-0.05, 0) is 24.6 Å². The third-order valence-corrected chi connectivity index (χ3v) is 3.41. The number of nitrogens with one attached hydrogen (secondary N) is 3. The summed E-state index contributed by atoms with van der Waals surface area (Å²) in [5.41, 5.74) is 0.680. The monoisotopic (exact) mass is 330 g/mol. The van der Waals surface area contributed by atoms with E-state index in [1.165, 1.54) is 12.3 Å². The summed E-state index contributed by atoms with van der Waals surface area (Å²) in [6.45, 7) is 3.28. The van der Waals surface area contributed by atoms with Crippen molar-refractivity contribution in [3.63, 3.8) is 0 Å². The molecule has 0 bridgehead atoms. The molecule has 126 valence electrons. The lowest BCUT2D eigenvalue weighted by molar-refractivity contribution is -0.117. The zero-order valence-electron chi connectivity index (χ0n) is 13.4. The molecule has 2 aromatic rings. The molecule has 8 nitrogen and oxygen atoms in total. The number of carbonyl (C=O) groups is 2. The number of hydrogen-bond acceptors (Lipinski definition) is 4. The first-order valence-electron chi connectivity index (χ1n) is 7.39. The first-order chi connectivity index (χ1) is 11.4. The van der Waals surface area contributed by atoms with Gasteiger partial charge in [0.05, 0.1) is 0 Å². The Morgan fingerprint density at radius 3 is 2.29 bits per heavy atom. The van der Waals surface area contributed by atoms with Crippen LogP contribution in [0.3, 0.4) is 0 Å². The van der Waals surface area contributed by atoms with Crippen molar-refractivity contribution >= 4 is 23.2 Å². The van der Waals surface area contributed by atoms with Crippen LogP contribution >= 0.6 is 0 Å². The predicted octanol–water partition coefficient (Wildman–Crippen LogP) is 0.832. The van der Waals surface area contributed by atoms with Crippen molar-refractivity contribution in [2.75, 3.05) is 10.6 Å². The van der Waals surface area contributed by atoms with Crippen LogP contribution < -0.4 is 21.9 Å². The zero-order chi connectivity index (χ0) is 17.7. The molecular formula is C16H18N4O4. The van der Waals surface area contributed by atoms with Gasteiger partial charge in [0.1, 0.15) is 6.54 Å². The minimum Gasteiger partial charge on any atom is -0.326 e. The Balaban J connectivity index is 2.14. The molecule has 1 heterocycles. The smallest absolute Gasteiger partial charge is 0.326 e. The van der Waals surface area contributed by atoms with Crippen LogP contribution in [-0.2, 0) is 16.1 Å². The minimum absolute atomic E-state index is 0.124. The Kier molecular flexibility index (Phi) is 5.31. The number of H-pyrrole nitrogens is 1. The normalized spacial score (nSPS) is 10.2. The molecule has 0 saturated heterocycles. The van der Waals surface area contributed by atoms with Crippen LogP contribution in [0.1, 0.15) is 18.9 Å². The van der Waals surface area contributed by atoms with Gasteiger partial charge in [-0.3, -0.25) is 23.9 Å². The Morgan fingerprint density at radius 2 is 1.71 bits per heavy atom. The highest BCUT2D eigenvalue weighted by atomic mass is 16.2. The van der Waals surface area contributed by atoms with E-state index >= 15 is 0 Å². The van der Waals surface area contributed by atoms with E-state index in [4.69, 9.17) is 0 Å². The number of aromatic nitrogens is 2. The van der Waals surface area contributed by atoms with Gasteiger partial charge in [-0.1, -0.05) is 13.0 Å². The van der Waals surface area contributed by atoms with Gasteiger partial charge in [0, 0.05) is 30.1 Å². The van der Waals surface area contributed by atoms with Crippen molar-refractivity contribution in [1.82, 2.24) is 9.55 Å². The van der Waals surface area contributed by atoms with E-state index in [9.17, 15) is 19.2 Å². The maximum absolute atomic E-state index is 12.1. The zero-order valence-corrected chi connectivity index (χ0v) is 13.4. The van der Waals surface area contributed by atoms with E-state index < -0.39 is 17.2 Å². The number of hydrogen-bond donors (Lipinski definition) is 3. The lowest BCUT2D eigenvalue weighted by Crippen LogP contribution is -2.32. The van der Waals surface area contributed by atoms with E-state index in [2.05, 4.69) is 15.6 Å². The molecular weight excluding hydrogens is 312 g/mol. The molecule has 1 aromatic heterocycles. The largest absolute Gasteiger partial charge is 0.328 e. The van der Waals surface area contributed by atoms with Crippen LogP contribution in [0.25, 0.3) is 0 Å². The van der Waals surface area contributed by atoms with Crippen molar-refractivity contribution in [2.24, 2.45) is 0 Å². The van der Waals surface area contributed by atoms with Crippen molar-refractivity contribution in [3.8, 4) is 0 Å². The highest BCUT2D eigenvalue weighted by Crippen LogP contribution is 2.23. The van der Waals surface area contributed by atoms with Crippen LogP contribution in [0.4, 0.5) is 11.4 Å². The predicted molar refractivity (Wildman–Crippen MR) is 90.1 cm³/mol. The van der Waals surface area contributed by atoms with Gasteiger partial charge in [-0.25, -0.2) is 4.79 Å². The van der Waals surface area contributed by atoms with E-state index in [0.29, 0.717) is 23.4 Å². The SMILES string of the molecule is CCC(=O)Nc1cccc(NC(=O)Cn2ccc(=O)[nH]c2=O)c1C. The van der Waals surface area contributed by atoms with E-state index in [1.807, 2.05) is 0 Å². The second-order valence-electron chi connectivity index (χ2n) is 5.17. The number of amides is 2. The van der Waals surface area contributed by atoms with Gasteiger partial charge >= 0.3 is 5.69 Å². The van der Waals surface area contributed by atoms with Crippen LogP contribution in [0.2, 0.25) is 0 Å². The number of rotatable bonds is 5. The van der Waals surface area contributed by atoms with Crippen LogP contribution in [-0.4, -0.2) is 21.4 Å². The molecule has 2 amide bonds. The number of benzene rings is 1. The average Bonchev–Trinajstić information content (AvgIpc) is 2.54. The second-order valence-corrected chi connectivity index (χ2v) is 5.17. The Morgan fingerprint density at radius 1 is 1.08 bits per heavy atom. The summed E-state index contributed by atoms with van der Waals surface area (Å²) in [5.74, 6) is -0.549. The lowest BCUT2D eigenvalue weighted by Gasteiger charge is -2.13. The van der Waals surface area contributed by atoms with Gasteiger partial charge in [0.25, 0.3) is 5.56 Å². The van der Waals surface area contributed by atoms with E-state index in [-0.39, 0.29) is 12.5 Å². The first-order valence-corrected chi connectivity index (χ1v) is 7.39. The van der Waals surface area contributed by atoms with Crippen molar-refractivity contribution in [3.05, 3.63) is 56.9 Å². The van der Waals surface area contributed by atoms with Gasteiger partial charge < -0.3 is 10.6 Å². The van der Waals surface area contributed by atoms with Gasteiger partial charge in [0.2, 0.25) is 11.8 Å². The molecule has 1 aromatic carbocycles. The quantitative estimate of drug-likeness (QED) is 0.753. The van der Waals surface area contributed by atoms with Crippen molar-refractivity contribution in [1.29, 1.82) is 0 Å². The topological polar surface area (TPSA) is 113 Å². The Bertz CT molecular complexity index is 882. The summed E-state index contributed by atoms with van der Waals surface area (Å²) in [4.78, 5) is 48.3. The van der Waals surface area contributed by atoms with Crippen LogP contribution in [0.5, 0.6) is 0 Å². The molecule has 0 aliphatic rings. The molecule has 2 rings (SSSR count). The maximum Gasteiger partial charge on any atom is 0.328 e.